The van der Waals surface area contributed by atoms with Crippen molar-refractivity contribution in [3.8, 4) is 0 Å². The second kappa shape index (κ2) is 6.87. The molecular weight excluding hydrogens is 294 g/mol. The normalized spacial score (nSPS) is 21.1. The van der Waals surface area contributed by atoms with Gasteiger partial charge in [0.05, 0.1) is 11.7 Å². The molecule has 0 unspecified atom stereocenters. The summed E-state index contributed by atoms with van der Waals surface area (Å²) in [7, 11) is 0. The molecule has 0 saturated carbocycles. The lowest BCUT2D eigenvalue weighted by Crippen LogP contribution is -2.43. The quantitative estimate of drug-likeness (QED) is 0.927. The van der Waals surface area contributed by atoms with Crippen molar-refractivity contribution in [3.05, 3.63) is 41.7 Å². The van der Waals surface area contributed by atoms with Crippen LogP contribution in [-0.2, 0) is 11.3 Å². The Hall–Kier alpha value is -2.28. The first kappa shape index (κ1) is 15.6. The minimum absolute atomic E-state index is 0.118. The Labute approximate surface area is 135 Å². The number of nitrogens with one attached hydrogen (secondary N) is 1. The molecule has 0 bridgehead atoms. The Bertz CT molecular complexity index is 667. The summed E-state index contributed by atoms with van der Waals surface area (Å²) in [5.74, 6) is 0.625. The number of nitrogens with zero attached hydrogens (tertiary/aromatic N) is 4. The fourth-order valence-corrected chi connectivity index (χ4v) is 2.79. The zero-order chi connectivity index (χ0) is 16.2. The fourth-order valence-electron chi connectivity index (χ4n) is 2.79. The van der Waals surface area contributed by atoms with Crippen LogP contribution in [0.2, 0.25) is 0 Å². The Morgan fingerprint density at radius 1 is 1.43 bits per heavy atom. The topological polar surface area (TPSA) is 81.9 Å². The van der Waals surface area contributed by atoms with Crippen LogP contribution in [0.15, 0.2) is 24.5 Å². The molecule has 1 fully saturated rings. The van der Waals surface area contributed by atoms with Gasteiger partial charge in [0.25, 0.3) is 5.91 Å². The summed E-state index contributed by atoms with van der Waals surface area (Å²) >= 11 is 0. The molecule has 0 radical (unpaired) electrons. The Morgan fingerprint density at radius 3 is 3.04 bits per heavy atom. The van der Waals surface area contributed by atoms with E-state index in [4.69, 9.17) is 4.74 Å². The molecule has 23 heavy (non-hydrogen) atoms. The predicted octanol–water partition coefficient (Wildman–Crippen LogP) is 1.65. The summed E-state index contributed by atoms with van der Waals surface area (Å²) in [6.07, 6.45) is 5.22. The number of aromatic nitrogens is 4. The van der Waals surface area contributed by atoms with Gasteiger partial charge in [0.1, 0.15) is 11.9 Å². The van der Waals surface area contributed by atoms with Gasteiger partial charge < -0.3 is 14.6 Å². The summed E-state index contributed by atoms with van der Waals surface area (Å²) in [6.45, 7) is 5.39. The van der Waals surface area contributed by atoms with Crippen molar-refractivity contribution in [2.45, 2.75) is 45.4 Å². The van der Waals surface area contributed by atoms with E-state index in [9.17, 15) is 4.79 Å². The molecule has 1 amide bonds. The average molecular weight is 315 g/mol. The third kappa shape index (κ3) is 3.39. The van der Waals surface area contributed by atoms with Crippen LogP contribution in [0.4, 0.5) is 0 Å². The van der Waals surface area contributed by atoms with Crippen LogP contribution in [0.25, 0.3) is 0 Å². The number of hydrogen-bond donors (Lipinski definition) is 1. The van der Waals surface area contributed by atoms with Gasteiger partial charge in [0.2, 0.25) is 0 Å². The third-order valence-corrected chi connectivity index (χ3v) is 4.01. The van der Waals surface area contributed by atoms with Crippen LogP contribution < -0.4 is 5.32 Å². The smallest absolute Gasteiger partial charge is 0.272 e. The van der Waals surface area contributed by atoms with Crippen LogP contribution in [0.5, 0.6) is 0 Å². The van der Waals surface area contributed by atoms with E-state index < -0.39 is 0 Å². The van der Waals surface area contributed by atoms with Gasteiger partial charge in [-0.15, -0.1) is 5.10 Å². The minimum Gasteiger partial charge on any atom is -0.368 e. The molecule has 7 heteroatoms. The van der Waals surface area contributed by atoms with Crippen molar-refractivity contribution >= 4 is 5.91 Å². The molecule has 1 aliphatic rings. The van der Waals surface area contributed by atoms with E-state index in [0.717, 1.165) is 30.9 Å². The Kier molecular flexibility index (Phi) is 4.66. The average Bonchev–Trinajstić information content (AvgIpc) is 3.04. The lowest BCUT2D eigenvalue weighted by atomic mass is 10.0. The third-order valence-electron chi connectivity index (χ3n) is 4.01. The number of hydrogen-bond acceptors (Lipinski definition) is 5. The maximum atomic E-state index is 12.4. The van der Waals surface area contributed by atoms with Gasteiger partial charge in [0.15, 0.2) is 5.69 Å². The minimum atomic E-state index is -0.235. The van der Waals surface area contributed by atoms with Crippen LogP contribution in [-0.4, -0.2) is 38.3 Å². The van der Waals surface area contributed by atoms with Crippen molar-refractivity contribution < 1.29 is 9.53 Å². The maximum Gasteiger partial charge on any atom is 0.272 e. The fraction of sp³-hybridized carbons (Fsp3) is 0.500. The Morgan fingerprint density at radius 2 is 2.30 bits per heavy atom. The van der Waals surface area contributed by atoms with Crippen LogP contribution in [0.1, 0.15) is 47.9 Å². The molecule has 1 N–H and O–H groups in total. The number of carbonyl (C=O) groups excluding carboxylic acids is 1. The zero-order valence-electron chi connectivity index (χ0n) is 13.4. The highest BCUT2D eigenvalue weighted by Crippen LogP contribution is 2.27. The van der Waals surface area contributed by atoms with Gasteiger partial charge in [-0.25, -0.2) is 4.98 Å². The number of carbonyl (C=O) groups is 1. The molecule has 0 aliphatic carbocycles. The summed E-state index contributed by atoms with van der Waals surface area (Å²) in [5.41, 5.74) is 1.10. The summed E-state index contributed by atoms with van der Waals surface area (Å²) in [4.78, 5) is 16.8. The lowest BCUT2D eigenvalue weighted by molar-refractivity contribution is -0.0163. The molecule has 2 aromatic heterocycles. The van der Waals surface area contributed by atoms with Crippen molar-refractivity contribution in [3.63, 3.8) is 0 Å². The molecule has 0 spiro atoms. The van der Waals surface area contributed by atoms with Gasteiger partial charge in [-0.05, 0) is 38.8 Å². The first-order chi connectivity index (χ1) is 11.2. The monoisotopic (exact) mass is 315 g/mol. The lowest BCUT2D eigenvalue weighted by Gasteiger charge is -2.32. The molecule has 1 aliphatic heterocycles. The van der Waals surface area contributed by atoms with E-state index in [1.54, 1.807) is 18.3 Å². The van der Waals surface area contributed by atoms with Gasteiger partial charge in [-0.2, -0.15) is 5.10 Å². The molecular formula is C16H21N5O2. The molecule has 1 saturated heterocycles. The summed E-state index contributed by atoms with van der Waals surface area (Å²) in [6, 6.07) is 3.34. The Balaban J connectivity index is 1.76. The highest BCUT2D eigenvalue weighted by molar-refractivity contribution is 5.92. The van der Waals surface area contributed by atoms with E-state index in [0.29, 0.717) is 12.3 Å². The van der Waals surface area contributed by atoms with Crippen molar-refractivity contribution in [1.29, 1.82) is 0 Å². The summed E-state index contributed by atoms with van der Waals surface area (Å²) < 4.78 is 7.94. The van der Waals surface area contributed by atoms with Gasteiger partial charge in [0, 0.05) is 25.5 Å². The molecule has 2 atom stereocenters. The van der Waals surface area contributed by atoms with Crippen molar-refractivity contribution in [2.75, 3.05) is 6.61 Å². The molecule has 3 heterocycles. The number of ether oxygens (including phenoxy) is 1. The van der Waals surface area contributed by atoms with E-state index >= 15 is 0 Å². The number of imidazole rings is 1. The van der Waals surface area contributed by atoms with E-state index in [-0.39, 0.29) is 18.1 Å². The SMILES string of the molecule is CCn1ccnc1[C@H]1OCCC[C@@H]1NC(=O)c1ccc(C)nn1. The highest BCUT2D eigenvalue weighted by atomic mass is 16.5. The second-order valence-corrected chi connectivity index (χ2v) is 5.64. The molecule has 122 valence electrons. The first-order valence-corrected chi connectivity index (χ1v) is 7.93. The summed E-state index contributed by atoms with van der Waals surface area (Å²) in [5, 5.41) is 10.9. The largest absolute Gasteiger partial charge is 0.368 e. The number of aryl methyl sites for hydroxylation is 2. The van der Waals surface area contributed by atoms with Crippen molar-refractivity contribution in [1.82, 2.24) is 25.1 Å². The van der Waals surface area contributed by atoms with Gasteiger partial charge >= 0.3 is 0 Å². The van der Waals surface area contributed by atoms with Crippen LogP contribution >= 0.6 is 0 Å². The predicted molar refractivity (Wildman–Crippen MR) is 83.9 cm³/mol. The van der Waals surface area contributed by atoms with Crippen molar-refractivity contribution in [2.24, 2.45) is 0 Å². The van der Waals surface area contributed by atoms with Crippen LogP contribution in [0, 0.1) is 6.92 Å². The standard InChI is InChI=1S/C16H21N5O2/c1-3-21-9-8-17-15(21)14-12(5-4-10-23-14)18-16(22)13-7-6-11(2)19-20-13/h6-9,12,14H,3-5,10H2,1-2H3,(H,18,22)/t12-,14-/m0/s1. The van der Waals surface area contributed by atoms with Gasteiger partial charge in [-0.3, -0.25) is 4.79 Å². The maximum absolute atomic E-state index is 12.4. The molecule has 0 aromatic carbocycles. The number of amides is 1. The van der Waals surface area contributed by atoms with E-state index in [2.05, 4.69) is 27.4 Å². The van der Waals surface area contributed by atoms with E-state index in [1.165, 1.54) is 0 Å². The first-order valence-electron chi connectivity index (χ1n) is 7.93. The van der Waals surface area contributed by atoms with E-state index in [1.807, 2.05) is 17.7 Å². The molecule has 7 nitrogen and oxygen atoms in total. The van der Waals surface area contributed by atoms with Crippen LogP contribution in [0.3, 0.4) is 0 Å². The molecule has 3 rings (SSSR count). The molecule has 2 aromatic rings. The number of rotatable bonds is 4. The zero-order valence-corrected chi connectivity index (χ0v) is 13.4. The second-order valence-electron chi connectivity index (χ2n) is 5.64. The highest BCUT2D eigenvalue weighted by Gasteiger charge is 2.32. The van der Waals surface area contributed by atoms with Gasteiger partial charge in [-0.1, -0.05) is 0 Å².